The topological polar surface area (TPSA) is 124 Å². The third-order valence-electron chi connectivity index (χ3n) is 2.90. The van der Waals surface area contributed by atoms with E-state index in [1.54, 1.807) is 0 Å². The lowest BCUT2D eigenvalue weighted by molar-refractivity contribution is -0.401. The number of hydrogen-bond acceptors (Lipinski definition) is 7. The van der Waals surface area contributed by atoms with Gasteiger partial charge >= 0.3 is 5.88 Å². The zero-order chi connectivity index (χ0) is 15.9. The maximum Gasteiger partial charge on any atom is 0.433 e. The Morgan fingerprint density at radius 2 is 2.18 bits per heavy atom. The molecule has 2 aromatic heterocycles. The molecule has 1 N–H and O–H groups in total. The van der Waals surface area contributed by atoms with Crippen LogP contribution in [0.2, 0.25) is 0 Å². The number of hydrogen-bond donors (Lipinski definition) is 1. The molecule has 0 aliphatic rings. The number of rotatable bonds is 8. The molecule has 0 aromatic carbocycles. The number of aryl methyl sites for hydroxylation is 1. The summed E-state index contributed by atoms with van der Waals surface area (Å²) in [6, 6.07) is 2.67. The Morgan fingerprint density at radius 3 is 2.86 bits per heavy atom. The van der Waals surface area contributed by atoms with Gasteiger partial charge in [0.05, 0.1) is 6.07 Å². The first-order valence-corrected chi connectivity index (χ1v) is 6.88. The highest BCUT2D eigenvalue weighted by Gasteiger charge is 2.17. The van der Waals surface area contributed by atoms with Crippen LogP contribution in [-0.2, 0) is 11.2 Å². The molecular formula is C13H16N4O5. The highest BCUT2D eigenvalue weighted by molar-refractivity contribution is 5.72. The second kappa shape index (κ2) is 7.34. The summed E-state index contributed by atoms with van der Waals surface area (Å²) in [7, 11) is 0. The fraction of sp³-hybridized carbons (Fsp3) is 0.462. The van der Waals surface area contributed by atoms with E-state index < -0.39 is 4.92 Å². The number of carbonyl (C=O) groups excluding carboxylic acids is 1. The largest absolute Gasteiger partial charge is 0.433 e. The molecule has 0 aliphatic heterocycles. The van der Waals surface area contributed by atoms with Gasteiger partial charge in [-0.2, -0.15) is 4.98 Å². The van der Waals surface area contributed by atoms with E-state index in [-0.39, 0.29) is 23.4 Å². The lowest BCUT2D eigenvalue weighted by atomic mass is 10.2. The predicted molar refractivity (Wildman–Crippen MR) is 74.9 cm³/mol. The van der Waals surface area contributed by atoms with Gasteiger partial charge in [-0.1, -0.05) is 11.6 Å². The van der Waals surface area contributed by atoms with Crippen LogP contribution in [-0.4, -0.2) is 27.5 Å². The highest BCUT2D eigenvalue weighted by Crippen LogP contribution is 2.23. The summed E-state index contributed by atoms with van der Waals surface area (Å²) in [6.45, 7) is 2.14. The zero-order valence-electron chi connectivity index (χ0n) is 12.1. The van der Waals surface area contributed by atoms with Gasteiger partial charge in [-0.15, -0.1) is 0 Å². The normalized spacial score (nSPS) is 10.6. The van der Waals surface area contributed by atoms with E-state index in [0.29, 0.717) is 18.9 Å². The molecule has 9 heteroatoms. The molecule has 0 fully saturated rings. The molecule has 118 valence electrons. The summed E-state index contributed by atoms with van der Waals surface area (Å²) in [5.41, 5.74) is 0. The maximum absolute atomic E-state index is 10.7. The van der Waals surface area contributed by atoms with Crippen molar-refractivity contribution in [2.45, 2.75) is 32.6 Å². The van der Waals surface area contributed by atoms with Crippen LogP contribution in [0.25, 0.3) is 11.6 Å². The van der Waals surface area contributed by atoms with E-state index in [9.17, 15) is 14.9 Å². The number of carbonyl (C=O) groups is 1. The van der Waals surface area contributed by atoms with Crippen molar-refractivity contribution in [3.8, 4) is 11.6 Å². The molecule has 22 heavy (non-hydrogen) atoms. The van der Waals surface area contributed by atoms with Crippen LogP contribution < -0.4 is 5.32 Å². The molecule has 9 nitrogen and oxygen atoms in total. The van der Waals surface area contributed by atoms with Gasteiger partial charge in [0.2, 0.25) is 17.6 Å². The monoisotopic (exact) mass is 308 g/mol. The Hall–Kier alpha value is -2.71. The number of aromatic nitrogens is 2. The maximum atomic E-state index is 10.7. The van der Waals surface area contributed by atoms with Crippen LogP contribution in [0.3, 0.4) is 0 Å². The average molecular weight is 308 g/mol. The molecule has 0 saturated carbocycles. The van der Waals surface area contributed by atoms with E-state index in [1.165, 1.54) is 19.1 Å². The molecule has 0 spiro atoms. The minimum Gasteiger partial charge on any atom is -0.397 e. The first-order valence-electron chi connectivity index (χ1n) is 6.88. The Bertz CT molecular complexity index is 648. The number of unbranched alkanes of at least 4 members (excludes halogenated alkanes) is 2. The van der Waals surface area contributed by atoms with Crippen LogP contribution in [0.1, 0.15) is 32.1 Å². The Balaban J connectivity index is 1.78. The SMILES string of the molecule is CC(=O)NCCCCCc1nc(-c2ccc([N+](=O)[O-])o2)no1. The second-order valence-electron chi connectivity index (χ2n) is 4.70. The molecule has 0 atom stereocenters. The van der Waals surface area contributed by atoms with Crippen LogP contribution in [0.15, 0.2) is 21.1 Å². The fourth-order valence-corrected chi connectivity index (χ4v) is 1.84. The van der Waals surface area contributed by atoms with Crippen molar-refractivity contribution < 1.29 is 18.7 Å². The lowest BCUT2D eigenvalue weighted by Gasteiger charge is -2.00. The first-order chi connectivity index (χ1) is 10.6. The molecule has 0 radical (unpaired) electrons. The van der Waals surface area contributed by atoms with Crippen molar-refractivity contribution in [2.24, 2.45) is 0 Å². The summed E-state index contributed by atoms with van der Waals surface area (Å²) in [5, 5.41) is 17.0. The summed E-state index contributed by atoms with van der Waals surface area (Å²) >= 11 is 0. The predicted octanol–water partition coefficient (Wildman–Crippen LogP) is 2.09. The fourth-order valence-electron chi connectivity index (χ4n) is 1.84. The standard InChI is InChI=1S/C13H16N4O5/c1-9(18)14-8-4-2-3-5-11-15-13(16-22-11)10-6-7-12(21-10)17(19)20/h6-7H,2-5,8H2,1H3,(H,14,18). The van der Waals surface area contributed by atoms with Crippen molar-refractivity contribution in [3.05, 3.63) is 28.1 Å². The van der Waals surface area contributed by atoms with Crippen LogP contribution >= 0.6 is 0 Å². The van der Waals surface area contributed by atoms with Gasteiger partial charge in [0, 0.05) is 19.9 Å². The van der Waals surface area contributed by atoms with E-state index in [0.717, 1.165) is 19.3 Å². The van der Waals surface area contributed by atoms with Gasteiger partial charge in [0.25, 0.3) is 0 Å². The summed E-state index contributed by atoms with van der Waals surface area (Å²) in [6.07, 6.45) is 3.25. The molecule has 1 amide bonds. The highest BCUT2D eigenvalue weighted by atomic mass is 16.6. The second-order valence-corrected chi connectivity index (χ2v) is 4.70. The average Bonchev–Trinajstić information content (AvgIpc) is 3.10. The molecule has 2 heterocycles. The van der Waals surface area contributed by atoms with Crippen molar-refractivity contribution >= 4 is 11.8 Å². The lowest BCUT2D eigenvalue weighted by Crippen LogP contribution is -2.20. The van der Waals surface area contributed by atoms with Gasteiger partial charge in [0.15, 0.2) is 5.76 Å². The third-order valence-corrected chi connectivity index (χ3v) is 2.90. The van der Waals surface area contributed by atoms with Crippen LogP contribution in [0.4, 0.5) is 5.88 Å². The van der Waals surface area contributed by atoms with Crippen molar-refractivity contribution in [2.75, 3.05) is 6.54 Å². The molecule has 0 bridgehead atoms. The van der Waals surface area contributed by atoms with Gasteiger partial charge in [-0.3, -0.25) is 14.9 Å². The van der Waals surface area contributed by atoms with E-state index in [4.69, 9.17) is 8.94 Å². The van der Waals surface area contributed by atoms with Crippen molar-refractivity contribution in [1.82, 2.24) is 15.5 Å². The molecule has 0 aliphatic carbocycles. The van der Waals surface area contributed by atoms with Gasteiger partial charge in [-0.05, 0) is 18.9 Å². The Labute approximate surface area is 125 Å². The number of nitrogens with zero attached hydrogens (tertiary/aromatic N) is 3. The van der Waals surface area contributed by atoms with Crippen LogP contribution in [0.5, 0.6) is 0 Å². The quantitative estimate of drug-likeness (QED) is 0.449. The number of furan rings is 1. The molecule has 2 rings (SSSR count). The number of nitrogens with one attached hydrogen (secondary N) is 1. The molecule has 2 aromatic rings. The van der Waals surface area contributed by atoms with E-state index >= 15 is 0 Å². The summed E-state index contributed by atoms with van der Waals surface area (Å²) in [5.74, 6) is 0.454. The van der Waals surface area contributed by atoms with Gasteiger partial charge in [-0.25, -0.2) is 0 Å². The van der Waals surface area contributed by atoms with Crippen molar-refractivity contribution in [3.63, 3.8) is 0 Å². The molecule has 0 saturated heterocycles. The van der Waals surface area contributed by atoms with Crippen molar-refractivity contribution in [1.29, 1.82) is 0 Å². The van der Waals surface area contributed by atoms with Gasteiger partial charge < -0.3 is 14.3 Å². The minimum atomic E-state index is -0.625. The minimum absolute atomic E-state index is 0.0333. The molecular weight excluding hydrogens is 292 g/mol. The third kappa shape index (κ3) is 4.40. The van der Waals surface area contributed by atoms with E-state index in [2.05, 4.69) is 15.5 Å². The Morgan fingerprint density at radius 1 is 1.36 bits per heavy atom. The number of nitro groups is 1. The molecule has 0 unspecified atom stereocenters. The smallest absolute Gasteiger partial charge is 0.397 e. The zero-order valence-corrected chi connectivity index (χ0v) is 12.1. The number of amides is 1. The first kappa shape index (κ1) is 15.7. The Kier molecular flexibility index (Phi) is 5.23. The summed E-state index contributed by atoms with van der Waals surface area (Å²) < 4.78 is 10.1. The summed E-state index contributed by atoms with van der Waals surface area (Å²) in [4.78, 5) is 24.7. The van der Waals surface area contributed by atoms with Gasteiger partial charge in [0.1, 0.15) is 4.92 Å². The van der Waals surface area contributed by atoms with Crippen LogP contribution in [0, 0.1) is 10.1 Å². The van der Waals surface area contributed by atoms with E-state index in [1.807, 2.05) is 0 Å².